The fourth-order valence-electron chi connectivity index (χ4n) is 2.17. The summed E-state index contributed by atoms with van der Waals surface area (Å²) >= 11 is 0. The second-order valence-corrected chi connectivity index (χ2v) is 6.39. The third-order valence-electron chi connectivity index (χ3n) is 4.16. The number of hydrogen-bond acceptors (Lipinski definition) is 3. The van der Waals surface area contributed by atoms with Crippen molar-refractivity contribution < 1.29 is 13.7 Å². The molecule has 0 bridgehead atoms. The van der Waals surface area contributed by atoms with Crippen molar-refractivity contribution in [1.82, 2.24) is 5.32 Å². The fraction of sp³-hybridized carbons (Fsp3) is 0.500. The zero-order chi connectivity index (χ0) is 15.7. The van der Waals surface area contributed by atoms with Gasteiger partial charge in [0.15, 0.2) is 0 Å². The summed E-state index contributed by atoms with van der Waals surface area (Å²) in [6, 6.07) is 6.40. The Hall–Kier alpha value is -1.17. The van der Waals surface area contributed by atoms with Gasteiger partial charge in [0.25, 0.3) is 0 Å². The molecule has 114 valence electrons. The lowest BCUT2D eigenvalue weighted by molar-refractivity contribution is 0.00578. The molecule has 21 heavy (non-hydrogen) atoms. The van der Waals surface area contributed by atoms with Gasteiger partial charge in [-0.25, -0.2) is 4.39 Å². The van der Waals surface area contributed by atoms with E-state index in [0.717, 1.165) is 11.0 Å². The molecule has 0 aliphatic carbocycles. The summed E-state index contributed by atoms with van der Waals surface area (Å²) in [4.78, 5) is 0. The molecule has 3 nitrogen and oxygen atoms in total. The van der Waals surface area contributed by atoms with E-state index < -0.39 is 7.12 Å². The Morgan fingerprint density at radius 1 is 1.14 bits per heavy atom. The first-order valence-corrected chi connectivity index (χ1v) is 7.21. The Morgan fingerprint density at radius 3 is 2.14 bits per heavy atom. The highest BCUT2D eigenvalue weighted by atomic mass is 19.1. The van der Waals surface area contributed by atoms with Crippen LogP contribution in [0.4, 0.5) is 4.39 Å². The third-order valence-corrected chi connectivity index (χ3v) is 4.16. The zero-order valence-electron chi connectivity index (χ0n) is 13.4. The van der Waals surface area contributed by atoms with Crippen molar-refractivity contribution in [2.75, 3.05) is 13.6 Å². The highest BCUT2D eigenvalue weighted by Gasteiger charge is 2.52. The van der Waals surface area contributed by atoms with Crippen molar-refractivity contribution in [2.24, 2.45) is 0 Å². The van der Waals surface area contributed by atoms with E-state index in [4.69, 9.17) is 9.31 Å². The number of rotatable bonds is 4. The standard InChI is InChI=1S/C16H23BFNO2/c1-15(2)16(3,4)21-17(20-15)13(11-19-5)10-12-6-8-14(18)9-7-12/h6-10,19H,11H2,1-5H3. The van der Waals surface area contributed by atoms with E-state index in [1.165, 1.54) is 12.1 Å². The second-order valence-electron chi connectivity index (χ2n) is 6.39. The summed E-state index contributed by atoms with van der Waals surface area (Å²) in [6.45, 7) is 8.77. The first-order chi connectivity index (χ1) is 9.75. The smallest absolute Gasteiger partial charge is 0.400 e. The van der Waals surface area contributed by atoms with E-state index in [9.17, 15) is 4.39 Å². The Balaban J connectivity index is 2.26. The van der Waals surface area contributed by atoms with Crippen molar-refractivity contribution in [1.29, 1.82) is 0 Å². The Morgan fingerprint density at radius 2 is 1.67 bits per heavy atom. The summed E-state index contributed by atoms with van der Waals surface area (Å²) in [5, 5.41) is 3.13. The van der Waals surface area contributed by atoms with E-state index in [0.29, 0.717) is 6.54 Å². The minimum atomic E-state index is -0.396. The van der Waals surface area contributed by atoms with Crippen LogP contribution in [0.5, 0.6) is 0 Å². The van der Waals surface area contributed by atoms with Gasteiger partial charge in [-0.2, -0.15) is 0 Å². The molecule has 1 aromatic carbocycles. The predicted octanol–water partition coefficient (Wildman–Crippen LogP) is 3.06. The monoisotopic (exact) mass is 291 g/mol. The fourth-order valence-corrected chi connectivity index (χ4v) is 2.17. The van der Waals surface area contributed by atoms with Crippen molar-refractivity contribution in [3.05, 3.63) is 41.1 Å². The van der Waals surface area contributed by atoms with Crippen LogP contribution in [0.15, 0.2) is 29.7 Å². The van der Waals surface area contributed by atoms with E-state index >= 15 is 0 Å². The van der Waals surface area contributed by atoms with E-state index in [1.807, 2.05) is 40.8 Å². The van der Waals surface area contributed by atoms with Gasteiger partial charge in [0.1, 0.15) is 5.82 Å². The molecule has 1 saturated heterocycles. The van der Waals surface area contributed by atoms with Crippen molar-refractivity contribution in [3.63, 3.8) is 0 Å². The lowest BCUT2D eigenvalue weighted by Gasteiger charge is -2.32. The quantitative estimate of drug-likeness (QED) is 0.865. The molecule has 0 unspecified atom stereocenters. The van der Waals surface area contributed by atoms with Crippen LogP contribution in [0.2, 0.25) is 0 Å². The van der Waals surface area contributed by atoms with Gasteiger partial charge in [-0.1, -0.05) is 18.2 Å². The number of likely N-dealkylation sites (N-methyl/N-ethyl adjacent to an activating group) is 1. The largest absolute Gasteiger partial charge is 0.491 e. The van der Waals surface area contributed by atoms with Gasteiger partial charge in [0.05, 0.1) is 11.2 Å². The molecule has 1 aliphatic rings. The van der Waals surface area contributed by atoms with Crippen LogP contribution < -0.4 is 5.32 Å². The number of halogens is 1. The Labute approximate surface area is 126 Å². The molecule has 1 N–H and O–H groups in total. The maximum atomic E-state index is 13.0. The highest BCUT2D eigenvalue weighted by molar-refractivity contribution is 6.55. The van der Waals surface area contributed by atoms with Gasteiger partial charge in [-0.05, 0) is 57.9 Å². The topological polar surface area (TPSA) is 30.5 Å². The molecule has 0 atom stereocenters. The van der Waals surface area contributed by atoms with Crippen LogP contribution in [-0.2, 0) is 9.31 Å². The molecule has 0 amide bonds. The van der Waals surface area contributed by atoms with Crippen molar-refractivity contribution >= 4 is 13.2 Å². The van der Waals surface area contributed by atoms with Crippen LogP contribution in [-0.4, -0.2) is 31.9 Å². The Kier molecular flexibility index (Phi) is 4.56. The molecule has 1 aliphatic heterocycles. The maximum Gasteiger partial charge on any atom is 0.491 e. The molecule has 0 aromatic heterocycles. The van der Waals surface area contributed by atoms with Crippen LogP contribution >= 0.6 is 0 Å². The molecule has 5 heteroatoms. The molecule has 0 spiro atoms. The lowest BCUT2D eigenvalue weighted by atomic mass is 9.77. The average molecular weight is 291 g/mol. The van der Waals surface area contributed by atoms with Crippen LogP contribution in [0.3, 0.4) is 0 Å². The molecular formula is C16H23BFNO2. The predicted molar refractivity (Wildman–Crippen MR) is 84.4 cm³/mol. The van der Waals surface area contributed by atoms with Gasteiger partial charge in [0, 0.05) is 6.54 Å². The SMILES string of the molecule is CNCC(=Cc1ccc(F)cc1)B1OC(C)(C)C(C)(C)O1. The molecule has 1 fully saturated rings. The van der Waals surface area contributed by atoms with Gasteiger partial charge in [-0.3, -0.25) is 0 Å². The number of benzene rings is 1. The second kappa shape index (κ2) is 5.91. The van der Waals surface area contributed by atoms with Crippen molar-refractivity contribution in [3.8, 4) is 0 Å². The van der Waals surface area contributed by atoms with E-state index in [1.54, 1.807) is 12.1 Å². The average Bonchev–Trinajstić information content (AvgIpc) is 2.60. The van der Waals surface area contributed by atoms with Crippen LogP contribution in [0.25, 0.3) is 6.08 Å². The van der Waals surface area contributed by atoms with Crippen molar-refractivity contribution in [2.45, 2.75) is 38.9 Å². The molecule has 0 saturated carbocycles. The summed E-state index contributed by atoms with van der Waals surface area (Å²) in [5.74, 6) is -0.238. The first-order valence-electron chi connectivity index (χ1n) is 7.21. The first kappa shape index (κ1) is 16.2. The number of nitrogens with one attached hydrogen (secondary N) is 1. The maximum absolute atomic E-state index is 13.0. The van der Waals surface area contributed by atoms with Crippen LogP contribution in [0, 0.1) is 5.82 Å². The van der Waals surface area contributed by atoms with Gasteiger partial charge in [0.2, 0.25) is 0 Å². The Bertz CT molecular complexity index is 510. The molecular weight excluding hydrogens is 268 g/mol. The zero-order valence-corrected chi connectivity index (χ0v) is 13.4. The summed E-state index contributed by atoms with van der Waals surface area (Å²) in [6.07, 6.45) is 1.98. The minimum Gasteiger partial charge on any atom is -0.400 e. The minimum absolute atomic E-state index is 0.238. The van der Waals surface area contributed by atoms with Gasteiger partial charge >= 0.3 is 7.12 Å². The summed E-state index contributed by atoms with van der Waals surface area (Å²) in [5.41, 5.74) is 1.18. The lowest BCUT2D eigenvalue weighted by Crippen LogP contribution is -2.41. The molecule has 1 aromatic rings. The van der Waals surface area contributed by atoms with E-state index in [2.05, 4.69) is 5.32 Å². The molecule has 0 radical (unpaired) electrons. The highest BCUT2D eigenvalue weighted by Crippen LogP contribution is 2.38. The summed E-state index contributed by atoms with van der Waals surface area (Å²) < 4.78 is 25.1. The third kappa shape index (κ3) is 3.54. The molecule has 2 rings (SSSR count). The molecule has 1 heterocycles. The van der Waals surface area contributed by atoms with Crippen LogP contribution in [0.1, 0.15) is 33.3 Å². The van der Waals surface area contributed by atoms with Gasteiger partial charge < -0.3 is 14.6 Å². The normalized spacial score (nSPS) is 20.9. The van der Waals surface area contributed by atoms with Gasteiger partial charge in [-0.15, -0.1) is 0 Å². The number of hydrogen-bond donors (Lipinski definition) is 1. The van der Waals surface area contributed by atoms with E-state index in [-0.39, 0.29) is 17.0 Å². The summed E-state index contributed by atoms with van der Waals surface area (Å²) in [7, 11) is 1.48.